The number of nitrogens with one attached hydrogen (secondary N) is 1. The standard InChI is InChI=1S/C20H26N2O/c1-4-16-7-11-18(12-8-16)20(23)21-19-13-9-17(10-14-19)15-22(5-2)6-3/h7-14H,4-6,15H2,1-3H3,(H,21,23). The molecule has 0 aliphatic carbocycles. The Morgan fingerprint density at radius 3 is 1.96 bits per heavy atom. The number of nitrogens with zero attached hydrogens (tertiary/aromatic N) is 1. The molecule has 0 heterocycles. The molecule has 23 heavy (non-hydrogen) atoms. The number of anilines is 1. The van der Waals surface area contributed by atoms with E-state index in [2.05, 4.69) is 43.1 Å². The zero-order valence-electron chi connectivity index (χ0n) is 14.3. The highest BCUT2D eigenvalue weighted by atomic mass is 16.1. The molecule has 0 saturated carbocycles. The first-order chi connectivity index (χ1) is 11.2. The summed E-state index contributed by atoms with van der Waals surface area (Å²) in [6.07, 6.45) is 0.982. The lowest BCUT2D eigenvalue weighted by Crippen LogP contribution is -2.22. The van der Waals surface area contributed by atoms with Crippen LogP contribution in [0.3, 0.4) is 0 Å². The summed E-state index contributed by atoms with van der Waals surface area (Å²) in [7, 11) is 0. The Morgan fingerprint density at radius 1 is 0.870 bits per heavy atom. The van der Waals surface area contributed by atoms with Crippen molar-refractivity contribution in [2.45, 2.75) is 33.7 Å². The number of aryl methyl sites for hydroxylation is 1. The predicted molar refractivity (Wildman–Crippen MR) is 96.8 cm³/mol. The highest BCUT2D eigenvalue weighted by molar-refractivity contribution is 6.04. The van der Waals surface area contributed by atoms with Gasteiger partial charge in [0.05, 0.1) is 0 Å². The van der Waals surface area contributed by atoms with Crippen LogP contribution in [-0.4, -0.2) is 23.9 Å². The minimum Gasteiger partial charge on any atom is -0.322 e. The molecule has 2 aromatic rings. The van der Waals surface area contributed by atoms with Crippen molar-refractivity contribution < 1.29 is 4.79 Å². The summed E-state index contributed by atoms with van der Waals surface area (Å²) in [5.41, 5.74) is 4.02. The Labute approximate surface area is 139 Å². The van der Waals surface area contributed by atoms with Gasteiger partial charge in [0.25, 0.3) is 5.91 Å². The van der Waals surface area contributed by atoms with Crippen LogP contribution >= 0.6 is 0 Å². The van der Waals surface area contributed by atoms with Gasteiger partial charge < -0.3 is 5.32 Å². The summed E-state index contributed by atoms with van der Waals surface area (Å²) in [6.45, 7) is 9.48. The molecule has 3 nitrogen and oxygen atoms in total. The van der Waals surface area contributed by atoms with Crippen LogP contribution in [0.4, 0.5) is 5.69 Å². The molecule has 2 aromatic carbocycles. The number of hydrogen-bond donors (Lipinski definition) is 1. The molecule has 3 heteroatoms. The normalized spacial score (nSPS) is 10.8. The van der Waals surface area contributed by atoms with Crippen LogP contribution in [0.15, 0.2) is 48.5 Å². The molecule has 0 unspecified atom stereocenters. The van der Waals surface area contributed by atoms with Gasteiger partial charge in [-0.15, -0.1) is 0 Å². The fourth-order valence-corrected chi connectivity index (χ4v) is 2.49. The van der Waals surface area contributed by atoms with Crippen molar-refractivity contribution in [3.63, 3.8) is 0 Å². The van der Waals surface area contributed by atoms with Crippen molar-refractivity contribution in [2.24, 2.45) is 0 Å². The molecule has 0 saturated heterocycles. The van der Waals surface area contributed by atoms with E-state index in [0.29, 0.717) is 5.56 Å². The Kier molecular flexibility index (Phi) is 6.36. The summed E-state index contributed by atoms with van der Waals surface area (Å²) in [4.78, 5) is 14.6. The second-order valence-corrected chi connectivity index (χ2v) is 5.66. The lowest BCUT2D eigenvalue weighted by molar-refractivity contribution is 0.102. The summed E-state index contributed by atoms with van der Waals surface area (Å²) < 4.78 is 0. The molecule has 0 aromatic heterocycles. The Morgan fingerprint density at radius 2 is 1.43 bits per heavy atom. The van der Waals surface area contributed by atoms with E-state index in [1.165, 1.54) is 11.1 Å². The highest BCUT2D eigenvalue weighted by Gasteiger charge is 2.06. The average Bonchev–Trinajstić information content (AvgIpc) is 2.61. The largest absolute Gasteiger partial charge is 0.322 e. The summed E-state index contributed by atoms with van der Waals surface area (Å²) in [5, 5.41) is 2.95. The molecule has 2 rings (SSSR count). The number of benzene rings is 2. The summed E-state index contributed by atoms with van der Waals surface area (Å²) >= 11 is 0. The van der Waals surface area contributed by atoms with Gasteiger partial charge in [-0.3, -0.25) is 9.69 Å². The van der Waals surface area contributed by atoms with E-state index < -0.39 is 0 Å². The molecule has 0 fully saturated rings. The molecule has 0 aliphatic heterocycles. The number of carbonyl (C=O) groups is 1. The molecule has 1 N–H and O–H groups in total. The average molecular weight is 310 g/mol. The number of amides is 1. The van der Waals surface area contributed by atoms with Crippen LogP contribution in [0.1, 0.15) is 42.3 Å². The molecule has 0 aliphatic rings. The van der Waals surface area contributed by atoms with Gasteiger partial charge in [-0.1, -0.05) is 45.0 Å². The van der Waals surface area contributed by atoms with E-state index >= 15 is 0 Å². The molecule has 1 amide bonds. The molecular formula is C20H26N2O. The predicted octanol–water partition coefficient (Wildman–Crippen LogP) is 4.34. The van der Waals surface area contributed by atoms with Crippen LogP contribution in [0.5, 0.6) is 0 Å². The topological polar surface area (TPSA) is 32.3 Å². The maximum atomic E-state index is 12.2. The first kappa shape index (κ1) is 17.2. The van der Waals surface area contributed by atoms with E-state index in [1.807, 2.05) is 36.4 Å². The van der Waals surface area contributed by atoms with E-state index in [4.69, 9.17) is 0 Å². The van der Waals surface area contributed by atoms with Gasteiger partial charge in [0.2, 0.25) is 0 Å². The fraction of sp³-hybridized carbons (Fsp3) is 0.350. The Hall–Kier alpha value is -2.13. The van der Waals surface area contributed by atoms with Gasteiger partial charge >= 0.3 is 0 Å². The molecule has 0 bridgehead atoms. The zero-order chi connectivity index (χ0) is 16.7. The van der Waals surface area contributed by atoms with Crippen molar-refractivity contribution in [1.82, 2.24) is 4.90 Å². The summed E-state index contributed by atoms with van der Waals surface area (Å²) in [5.74, 6) is -0.0656. The smallest absolute Gasteiger partial charge is 0.255 e. The Bertz CT molecular complexity index is 613. The van der Waals surface area contributed by atoms with Crippen molar-refractivity contribution in [3.05, 3.63) is 65.2 Å². The lowest BCUT2D eigenvalue weighted by Gasteiger charge is -2.18. The third kappa shape index (κ3) is 4.93. The summed E-state index contributed by atoms with van der Waals surface area (Å²) in [6, 6.07) is 15.9. The van der Waals surface area contributed by atoms with Crippen LogP contribution in [0, 0.1) is 0 Å². The van der Waals surface area contributed by atoms with Crippen molar-refractivity contribution in [2.75, 3.05) is 18.4 Å². The van der Waals surface area contributed by atoms with E-state index in [-0.39, 0.29) is 5.91 Å². The first-order valence-electron chi connectivity index (χ1n) is 8.37. The highest BCUT2D eigenvalue weighted by Crippen LogP contribution is 2.13. The third-order valence-electron chi connectivity index (χ3n) is 4.14. The first-order valence-corrected chi connectivity index (χ1v) is 8.37. The van der Waals surface area contributed by atoms with Crippen LogP contribution in [-0.2, 0) is 13.0 Å². The van der Waals surface area contributed by atoms with E-state index in [0.717, 1.165) is 31.7 Å². The molecule has 0 atom stereocenters. The maximum absolute atomic E-state index is 12.2. The number of hydrogen-bond acceptors (Lipinski definition) is 2. The quantitative estimate of drug-likeness (QED) is 0.825. The van der Waals surface area contributed by atoms with Crippen LogP contribution in [0.2, 0.25) is 0 Å². The SMILES string of the molecule is CCc1ccc(C(=O)Nc2ccc(CN(CC)CC)cc2)cc1. The van der Waals surface area contributed by atoms with Gasteiger partial charge in [0.15, 0.2) is 0 Å². The second-order valence-electron chi connectivity index (χ2n) is 5.66. The van der Waals surface area contributed by atoms with Gasteiger partial charge in [-0.05, 0) is 54.9 Å². The lowest BCUT2D eigenvalue weighted by atomic mass is 10.1. The van der Waals surface area contributed by atoms with Gasteiger partial charge in [0.1, 0.15) is 0 Å². The molecule has 122 valence electrons. The number of rotatable bonds is 7. The van der Waals surface area contributed by atoms with Crippen molar-refractivity contribution >= 4 is 11.6 Å². The Balaban J connectivity index is 1.98. The van der Waals surface area contributed by atoms with Crippen molar-refractivity contribution in [3.8, 4) is 0 Å². The van der Waals surface area contributed by atoms with E-state index in [1.54, 1.807) is 0 Å². The van der Waals surface area contributed by atoms with Gasteiger partial charge in [-0.2, -0.15) is 0 Å². The van der Waals surface area contributed by atoms with Crippen LogP contribution < -0.4 is 5.32 Å². The third-order valence-corrected chi connectivity index (χ3v) is 4.14. The van der Waals surface area contributed by atoms with Crippen molar-refractivity contribution in [1.29, 1.82) is 0 Å². The minimum absolute atomic E-state index is 0.0656. The molecule has 0 spiro atoms. The number of carbonyl (C=O) groups excluding carboxylic acids is 1. The molecule has 0 radical (unpaired) electrons. The second kappa shape index (κ2) is 8.49. The fourth-order valence-electron chi connectivity index (χ4n) is 2.49. The minimum atomic E-state index is -0.0656. The van der Waals surface area contributed by atoms with Gasteiger partial charge in [-0.25, -0.2) is 0 Å². The van der Waals surface area contributed by atoms with Gasteiger partial charge in [0, 0.05) is 17.8 Å². The zero-order valence-corrected chi connectivity index (χ0v) is 14.3. The monoisotopic (exact) mass is 310 g/mol. The molecular weight excluding hydrogens is 284 g/mol. The maximum Gasteiger partial charge on any atom is 0.255 e. The van der Waals surface area contributed by atoms with E-state index in [9.17, 15) is 4.79 Å². The van der Waals surface area contributed by atoms with Crippen LogP contribution in [0.25, 0.3) is 0 Å².